The lowest BCUT2D eigenvalue weighted by molar-refractivity contribution is -0.122. The van der Waals surface area contributed by atoms with Gasteiger partial charge in [0.05, 0.1) is 0 Å². The summed E-state index contributed by atoms with van der Waals surface area (Å²) in [5.41, 5.74) is 2.78. The lowest BCUT2D eigenvalue weighted by Crippen LogP contribution is -2.30. The van der Waals surface area contributed by atoms with Gasteiger partial charge in [0.25, 0.3) is 5.91 Å². The number of nitrogens with zero attached hydrogens (tertiary/aromatic N) is 2. The lowest BCUT2D eigenvalue weighted by Gasteiger charge is -2.28. The average Bonchev–Trinajstić information content (AvgIpc) is 2.69. The Balaban J connectivity index is 2.68. The second kappa shape index (κ2) is 6.69. The molecule has 5 heteroatoms. The number of thiocarbonyl (C=S) groups is 1. The molecule has 1 aromatic rings. The SMILES string of the molecule is CCN1C(=O)C(=Cc2cc(C(C)(C)C)c(O)c(C(C)(C)C)c2)N(C)C1=S. The average molecular weight is 375 g/mol. The monoisotopic (exact) mass is 374 g/mol. The molecule has 1 fully saturated rings. The van der Waals surface area contributed by atoms with Crippen molar-refractivity contribution in [1.82, 2.24) is 9.80 Å². The summed E-state index contributed by atoms with van der Waals surface area (Å²) in [6.07, 6.45) is 1.87. The van der Waals surface area contributed by atoms with Gasteiger partial charge in [-0.25, -0.2) is 0 Å². The summed E-state index contributed by atoms with van der Waals surface area (Å²) < 4.78 is 0. The summed E-state index contributed by atoms with van der Waals surface area (Å²) >= 11 is 5.37. The van der Waals surface area contributed by atoms with Crippen molar-refractivity contribution in [3.63, 3.8) is 0 Å². The topological polar surface area (TPSA) is 43.8 Å². The largest absolute Gasteiger partial charge is 0.507 e. The molecule has 142 valence electrons. The van der Waals surface area contributed by atoms with E-state index in [1.807, 2.05) is 32.2 Å². The number of hydrogen-bond donors (Lipinski definition) is 1. The van der Waals surface area contributed by atoms with Gasteiger partial charge in [0.2, 0.25) is 0 Å². The van der Waals surface area contributed by atoms with E-state index in [-0.39, 0.29) is 16.7 Å². The van der Waals surface area contributed by atoms with Crippen LogP contribution in [0.3, 0.4) is 0 Å². The molecule has 26 heavy (non-hydrogen) atoms. The highest BCUT2D eigenvalue weighted by molar-refractivity contribution is 7.80. The van der Waals surface area contributed by atoms with Gasteiger partial charge in [-0.15, -0.1) is 0 Å². The predicted octanol–water partition coefficient (Wildman–Crippen LogP) is 4.41. The van der Waals surface area contributed by atoms with Gasteiger partial charge in [0, 0.05) is 24.7 Å². The Kier molecular flexibility index (Phi) is 5.26. The second-order valence-corrected chi connectivity index (χ2v) is 9.25. The molecular weight excluding hydrogens is 344 g/mol. The van der Waals surface area contributed by atoms with E-state index in [1.54, 1.807) is 9.80 Å². The predicted molar refractivity (Wildman–Crippen MR) is 111 cm³/mol. The first-order chi connectivity index (χ1) is 11.8. The first-order valence-electron chi connectivity index (χ1n) is 8.98. The van der Waals surface area contributed by atoms with Crippen molar-refractivity contribution in [2.75, 3.05) is 13.6 Å². The van der Waals surface area contributed by atoms with Crippen LogP contribution in [0.4, 0.5) is 0 Å². The van der Waals surface area contributed by atoms with Gasteiger partial charge in [-0.2, -0.15) is 0 Å². The van der Waals surface area contributed by atoms with E-state index in [2.05, 4.69) is 41.5 Å². The maximum Gasteiger partial charge on any atom is 0.276 e. The van der Waals surface area contributed by atoms with Gasteiger partial charge in [0.15, 0.2) is 5.11 Å². The molecule has 0 atom stereocenters. The maximum atomic E-state index is 12.7. The van der Waals surface area contributed by atoms with Crippen molar-refractivity contribution in [2.45, 2.75) is 59.3 Å². The lowest BCUT2D eigenvalue weighted by atomic mass is 9.78. The summed E-state index contributed by atoms with van der Waals surface area (Å²) in [4.78, 5) is 16.0. The number of phenolic OH excluding ortho intramolecular Hbond substituents is 1. The zero-order chi connectivity index (χ0) is 20.0. The van der Waals surface area contributed by atoms with Gasteiger partial charge in [-0.1, -0.05) is 41.5 Å². The van der Waals surface area contributed by atoms with Crippen molar-refractivity contribution in [1.29, 1.82) is 0 Å². The summed E-state index contributed by atoms with van der Waals surface area (Å²) in [5, 5.41) is 11.4. The van der Waals surface area contributed by atoms with Crippen molar-refractivity contribution in [2.24, 2.45) is 0 Å². The molecule has 1 saturated heterocycles. The highest BCUT2D eigenvalue weighted by Gasteiger charge is 2.35. The minimum absolute atomic E-state index is 0.0808. The van der Waals surface area contributed by atoms with E-state index in [9.17, 15) is 9.90 Å². The highest BCUT2D eigenvalue weighted by Crippen LogP contribution is 2.40. The van der Waals surface area contributed by atoms with Crippen LogP contribution in [0.25, 0.3) is 6.08 Å². The van der Waals surface area contributed by atoms with E-state index in [1.165, 1.54) is 0 Å². The van der Waals surface area contributed by atoms with Crippen LogP contribution in [0, 0.1) is 0 Å². The first kappa shape index (κ1) is 20.4. The van der Waals surface area contributed by atoms with Crippen LogP contribution < -0.4 is 0 Å². The number of benzene rings is 1. The van der Waals surface area contributed by atoms with E-state index in [0.717, 1.165) is 16.7 Å². The van der Waals surface area contributed by atoms with Crippen LogP contribution in [0.15, 0.2) is 17.8 Å². The molecule has 1 heterocycles. The molecule has 1 aliphatic rings. The van der Waals surface area contributed by atoms with Gasteiger partial charge in [0.1, 0.15) is 11.4 Å². The number of phenols is 1. The normalized spacial score (nSPS) is 17.6. The van der Waals surface area contributed by atoms with Crippen LogP contribution in [0.2, 0.25) is 0 Å². The molecule has 0 bridgehead atoms. The summed E-state index contributed by atoms with van der Waals surface area (Å²) in [7, 11) is 1.82. The van der Waals surface area contributed by atoms with Crippen molar-refractivity contribution >= 4 is 29.3 Å². The zero-order valence-corrected chi connectivity index (χ0v) is 17.9. The minimum Gasteiger partial charge on any atom is -0.507 e. The number of likely N-dealkylation sites (N-methyl/N-ethyl adjacent to an activating group) is 2. The number of amides is 1. The minimum atomic E-state index is -0.213. The van der Waals surface area contributed by atoms with Crippen LogP contribution in [0.5, 0.6) is 5.75 Å². The van der Waals surface area contributed by atoms with E-state index >= 15 is 0 Å². The molecule has 1 amide bonds. The Morgan fingerprint density at radius 2 is 1.54 bits per heavy atom. The van der Waals surface area contributed by atoms with Gasteiger partial charge >= 0.3 is 0 Å². The number of rotatable bonds is 2. The Labute approximate surface area is 162 Å². The quantitative estimate of drug-likeness (QED) is 0.615. The number of aromatic hydroxyl groups is 1. The summed E-state index contributed by atoms with van der Waals surface area (Å²) in [6.45, 7) is 14.9. The molecule has 0 unspecified atom stereocenters. The maximum absolute atomic E-state index is 12.7. The highest BCUT2D eigenvalue weighted by atomic mass is 32.1. The molecule has 0 spiro atoms. The van der Waals surface area contributed by atoms with Crippen molar-refractivity contribution in [3.05, 3.63) is 34.5 Å². The van der Waals surface area contributed by atoms with Crippen LogP contribution >= 0.6 is 12.2 Å². The fraction of sp³-hybridized carbons (Fsp3) is 0.524. The Hall–Kier alpha value is -1.88. The summed E-state index contributed by atoms with van der Waals surface area (Å²) in [5.74, 6) is 0.256. The van der Waals surface area contributed by atoms with Crippen LogP contribution in [0.1, 0.15) is 65.2 Å². The Bertz CT molecular complexity index is 747. The van der Waals surface area contributed by atoms with E-state index in [0.29, 0.717) is 23.1 Å². The third-order valence-electron chi connectivity index (χ3n) is 4.71. The molecule has 1 aliphatic heterocycles. The van der Waals surface area contributed by atoms with Crippen LogP contribution in [-0.2, 0) is 15.6 Å². The molecule has 0 saturated carbocycles. The molecule has 0 radical (unpaired) electrons. The fourth-order valence-corrected chi connectivity index (χ4v) is 3.44. The number of carbonyl (C=O) groups is 1. The Morgan fingerprint density at radius 3 is 1.88 bits per heavy atom. The third-order valence-corrected chi connectivity index (χ3v) is 5.21. The molecule has 2 rings (SSSR count). The molecule has 0 aliphatic carbocycles. The second-order valence-electron chi connectivity index (χ2n) is 8.89. The third kappa shape index (κ3) is 3.63. The van der Waals surface area contributed by atoms with Gasteiger partial charge in [-0.05, 0) is 53.7 Å². The molecule has 1 N–H and O–H groups in total. The first-order valence-corrected chi connectivity index (χ1v) is 9.39. The van der Waals surface area contributed by atoms with Gasteiger partial charge in [-0.3, -0.25) is 9.69 Å². The smallest absolute Gasteiger partial charge is 0.276 e. The van der Waals surface area contributed by atoms with Crippen LogP contribution in [-0.4, -0.2) is 39.5 Å². The standard InChI is InChI=1S/C21H30N2O2S/c1-9-23-18(25)16(22(8)19(23)26)12-13-10-14(20(2,3)4)17(24)15(11-13)21(5,6)7/h10-12,24H,9H2,1-8H3. The van der Waals surface area contributed by atoms with Crippen molar-refractivity contribution in [3.8, 4) is 5.75 Å². The molecular formula is C21H30N2O2S. The van der Waals surface area contributed by atoms with Crippen molar-refractivity contribution < 1.29 is 9.90 Å². The fourth-order valence-electron chi connectivity index (χ4n) is 3.13. The molecule has 1 aromatic carbocycles. The van der Waals surface area contributed by atoms with E-state index in [4.69, 9.17) is 12.2 Å². The molecule has 4 nitrogen and oxygen atoms in total. The number of carbonyl (C=O) groups excluding carboxylic acids is 1. The summed E-state index contributed by atoms with van der Waals surface area (Å²) in [6, 6.07) is 3.94. The van der Waals surface area contributed by atoms with Gasteiger partial charge < -0.3 is 10.0 Å². The Morgan fingerprint density at radius 1 is 1.08 bits per heavy atom. The molecule has 0 aromatic heterocycles. The number of hydrogen-bond acceptors (Lipinski definition) is 3. The zero-order valence-electron chi connectivity index (χ0n) is 17.1. The van der Waals surface area contributed by atoms with E-state index < -0.39 is 0 Å².